The molecule has 196 valence electrons. The van der Waals surface area contributed by atoms with Crippen molar-refractivity contribution in [2.45, 2.75) is 6.04 Å². The van der Waals surface area contributed by atoms with Gasteiger partial charge in [-0.1, -0.05) is 60.7 Å². The van der Waals surface area contributed by atoms with Crippen LogP contribution >= 0.6 is 0 Å². The van der Waals surface area contributed by atoms with Gasteiger partial charge in [0.2, 0.25) is 11.6 Å². The molecule has 42 heavy (non-hydrogen) atoms. The second-order valence-electron chi connectivity index (χ2n) is 10.4. The molecule has 9 rings (SSSR count). The van der Waals surface area contributed by atoms with Gasteiger partial charge in [0.05, 0.1) is 16.8 Å². The van der Waals surface area contributed by atoms with E-state index in [2.05, 4.69) is 74.1 Å². The minimum atomic E-state index is -0.0810. The van der Waals surface area contributed by atoms with Crippen molar-refractivity contribution < 1.29 is 0 Å². The second-order valence-corrected chi connectivity index (χ2v) is 10.4. The lowest BCUT2D eigenvalue weighted by atomic mass is 9.82. The van der Waals surface area contributed by atoms with Gasteiger partial charge in [-0.2, -0.15) is 9.56 Å². The van der Waals surface area contributed by atoms with Crippen LogP contribution in [0.2, 0.25) is 0 Å². The summed E-state index contributed by atoms with van der Waals surface area (Å²) in [6.07, 6.45) is 10.2. The first-order valence-electron chi connectivity index (χ1n) is 13.9. The van der Waals surface area contributed by atoms with Gasteiger partial charge in [0.1, 0.15) is 17.4 Å². The minimum absolute atomic E-state index is 0.0810. The molecule has 1 unspecified atom stereocenters. The van der Waals surface area contributed by atoms with Gasteiger partial charge in [-0.15, -0.1) is 0 Å². The van der Waals surface area contributed by atoms with E-state index in [9.17, 15) is 0 Å². The van der Waals surface area contributed by atoms with Crippen molar-refractivity contribution in [2.75, 3.05) is 4.90 Å². The van der Waals surface area contributed by atoms with Gasteiger partial charge in [-0.25, -0.2) is 9.97 Å². The standard InChI is InChI=1S/C35H22N7/c1-3-10-22(11-4-1)32-38-33(23-12-5-2-6-13-23)40-35(39-32)42-27-16-8-7-15-26(27)41-28-19-21-37-34-30(28)24(18-20-36-34)25-14-9-17-29(42)31(25)41/h1-21,31H/q+1. The first kappa shape index (κ1) is 22.9. The van der Waals surface area contributed by atoms with E-state index in [1.807, 2.05) is 73.1 Å². The van der Waals surface area contributed by atoms with Crippen molar-refractivity contribution in [3.05, 3.63) is 133 Å². The van der Waals surface area contributed by atoms with Crippen LogP contribution in [0, 0.1) is 0 Å². The maximum Gasteiger partial charge on any atom is 0.442 e. The van der Waals surface area contributed by atoms with Crippen LogP contribution in [0.15, 0.2) is 128 Å². The summed E-state index contributed by atoms with van der Waals surface area (Å²) in [6, 6.07) is 32.7. The Kier molecular flexibility index (Phi) is 4.83. The molecule has 0 radical (unpaired) electrons. The molecule has 5 heterocycles. The molecule has 3 aromatic carbocycles. The highest BCUT2D eigenvalue weighted by Gasteiger charge is 2.44. The van der Waals surface area contributed by atoms with E-state index < -0.39 is 0 Å². The zero-order valence-corrected chi connectivity index (χ0v) is 22.3. The van der Waals surface area contributed by atoms with Crippen LogP contribution in [0.3, 0.4) is 0 Å². The van der Waals surface area contributed by atoms with Crippen molar-refractivity contribution in [1.29, 1.82) is 0 Å². The molecule has 0 fully saturated rings. The normalized spacial score (nSPS) is 16.2. The first-order valence-corrected chi connectivity index (χ1v) is 13.9. The molecule has 1 aliphatic carbocycles. The van der Waals surface area contributed by atoms with E-state index in [-0.39, 0.29) is 6.04 Å². The number of hydrogen-bond acceptors (Lipinski definition) is 6. The maximum absolute atomic E-state index is 5.11. The van der Waals surface area contributed by atoms with Gasteiger partial charge in [0.25, 0.3) is 0 Å². The Morgan fingerprint density at radius 1 is 0.643 bits per heavy atom. The third-order valence-electron chi connectivity index (χ3n) is 8.09. The molecular formula is C35H22N7+. The summed E-state index contributed by atoms with van der Waals surface area (Å²) in [5, 5.41) is 1.07. The fraction of sp³-hybridized carbons (Fsp3) is 0.0286. The predicted octanol–water partition coefficient (Wildman–Crippen LogP) is 6.91. The number of para-hydroxylation sites is 2. The zero-order valence-electron chi connectivity index (χ0n) is 22.3. The smallest absolute Gasteiger partial charge is 0.323 e. The van der Waals surface area contributed by atoms with Gasteiger partial charge in [-0.3, -0.25) is 0 Å². The number of fused-ring (bicyclic) bond motifs is 4. The molecule has 0 amide bonds. The topological polar surface area (TPSA) is 70.7 Å². The Morgan fingerprint density at radius 3 is 2.05 bits per heavy atom. The molecule has 7 heteroatoms. The third-order valence-corrected chi connectivity index (χ3v) is 8.09. The fourth-order valence-corrected chi connectivity index (χ4v) is 6.33. The van der Waals surface area contributed by atoms with E-state index in [4.69, 9.17) is 15.0 Å². The summed E-state index contributed by atoms with van der Waals surface area (Å²) in [7, 11) is 0. The highest BCUT2D eigenvalue weighted by molar-refractivity contribution is 6.22. The molecule has 3 aliphatic rings. The molecule has 0 spiro atoms. The van der Waals surface area contributed by atoms with Crippen molar-refractivity contribution in [2.24, 2.45) is 0 Å². The van der Waals surface area contributed by atoms with Crippen molar-refractivity contribution in [3.63, 3.8) is 0 Å². The van der Waals surface area contributed by atoms with Crippen LogP contribution in [0.5, 0.6) is 0 Å². The summed E-state index contributed by atoms with van der Waals surface area (Å²) in [4.78, 5) is 26.8. The van der Waals surface area contributed by atoms with Crippen molar-refractivity contribution in [1.82, 2.24) is 29.5 Å². The average molecular weight is 541 g/mol. The van der Waals surface area contributed by atoms with E-state index >= 15 is 0 Å². The predicted molar refractivity (Wildman–Crippen MR) is 166 cm³/mol. The molecule has 6 aromatic rings. The highest BCUT2D eigenvalue weighted by Crippen LogP contribution is 2.50. The molecule has 0 bridgehead atoms. The van der Waals surface area contributed by atoms with Gasteiger partial charge in [-0.05, 0) is 75.7 Å². The van der Waals surface area contributed by atoms with Crippen LogP contribution in [0.1, 0.15) is 5.56 Å². The van der Waals surface area contributed by atoms with Crippen LogP contribution < -0.4 is 9.48 Å². The lowest BCUT2D eigenvalue weighted by Gasteiger charge is -2.44. The molecule has 0 saturated heterocycles. The molecule has 1 atom stereocenters. The Bertz CT molecular complexity index is 2090. The number of allylic oxidation sites excluding steroid dienone is 2. The molecular weight excluding hydrogens is 518 g/mol. The Balaban J connectivity index is 1.35. The number of pyridine rings is 2. The van der Waals surface area contributed by atoms with Gasteiger partial charge in [0, 0.05) is 23.5 Å². The third kappa shape index (κ3) is 3.28. The lowest BCUT2D eigenvalue weighted by molar-refractivity contribution is 0.857. The summed E-state index contributed by atoms with van der Waals surface area (Å²) in [6.45, 7) is 0. The number of hydrogen-bond donors (Lipinski definition) is 0. The summed E-state index contributed by atoms with van der Waals surface area (Å²) in [5.41, 5.74) is 9.20. The Morgan fingerprint density at radius 2 is 1.31 bits per heavy atom. The summed E-state index contributed by atoms with van der Waals surface area (Å²) >= 11 is 0. The monoisotopic (exact) mass is 540 g/mol. The first-order chi connectivity index (χ1) is 20.8. The van der Waals surface area contributed by atoms with E-state index in [0.29, 0.717) is 17.6 Å². The van der Waals surface area contributed by atoms with Gasteiger partial charge >= 0.3 is 5.95 Å². The minimum Gasteiger partial charge on any atom is -0.323 e. The van der Waals surface area contributed by atoms with E-state index in [0.717, 1.165) is 50.5 Å². The second kappa shape index (κ2) is 8.84. The number of anilines is 2. The zero-order chi connectivity index (χ0) is 27.6. The maximum atomic E-state index is 5.11. The molecule has 0 saturated carbocycles. The molecule has 0 N–H and O–H groups in total. The highest BCUT2D eigenvalue weighted by atomic mass is 15.3. The largest absolute Gasteiger partial charge is 0.442 e. The quantitative estimate of drug-likeness (QED) is 0.227. The number of aromatic nitrogens is 5. The van der Waals surface area contributed by atoms with Gasteiger partial charge in [0.15, 0.2) is 5.65 Å². The van der Waals surface area contributed by atoms with E-state index in [1.54, 1.807) is 0 Å². The van der Waals surface area contributed by atoms with Crippen LogP contribution in [-0.4, -0.2) is 36.7 Å². The number of nitrogens with zero attached hydrogens (tertiary/aromatic N) is 7. The summed E-state index contributed by atoms with van der Waals surface area (Å²) in [5.74, 6) is 1.84. The molecule has 7 nitrogen and oxygen atoms in total. The van der Waals surface area contributed by atoms with Crippen LogP contribution in [-0.2, 0) is 0 Å². The molecule has 2 aliphatic heterocycles. The number of rotatable bonds is 3. The van der Waals surface area contributed by atoms with Crippen LogP contribution in [0.4, 0.5) is 23.0 Å². The van der Waals surface area contributed by atoms with Crippen molar-refractivity contribution >= 4 is 45.3 Å². The van der Waals surface area contributed by atoms with Crippen molar-refractivity contribution in [3.8, 4) is 22.8 Å². The van der Waals surface area contributed by atoms with E-state index in [1.165, 1.54) is 5.57 Å². The fourth-order valence-electron chi connectivity index (χ4n) is 6.33. The van der Waals surface area contributed by atoms with Gasteiger partial charge < -0.3 is 4.90 Å². The molecule has 3 aromatic heterocycles. The lowest BCUT2D eigenvalue weighted by Crippen LogP contribution is -2.48. The number of benzene rings is 3. The SMILES string of the molecule is C1=CC2=[N+](c3nc(-c4ccccc4)nc(-c4ccccc4)n3)c3ccccc3N3c4ccnc5nccc(c45)C(=C1)C23. The Hall–Kier alpha value is -5.82. The summed E-state index contributed by atoms with van der Waals surface area (Å²) < 4.78 is 2.20. The average Bonchev–Trinajstić information content (AvgIpc) is 3.07. The van der Waals surface area contributed by atoms with Crippen LogP contribution in [0.25, 0.3) is 39.4 Å². The Labute approximate surface area is 241 Å².